The van der Waals surface area contributed by atoms with Crippen LogP contribution in [0.4, 0.5) is 0 Å². The zero-order valence-corrected chi connectivity index (χ0v) is 9.93. The molecule has 1 N–H and O–H groups in total. The van der Waals surface area contributed by atoms with Gasteiger partial charge in [0.2, 0.25) is 0 Å². The number of benzene rings is 1. The Kier molecular flexibility index (Phi) is 4.35. The summed E-state index contributed by atoms with van der Waals surface area (Å²) in [6, 6.07) is 6.91. The third kappa shape index (κ3) is 3.26. The molecule has 1 aromatic rings. The lowest BCUT2D eigenvalue weighted by Crippen LogP contribution is -2.23. The molecule has 0 heterocycles. The van der Waals surface area contributed by atoms with Crippen molar-refractivity contribution >= 4 is 5.97 Å². The normalized spacial score (nSPS) is 12.5. The van der Waals surface area contributed by atoms with Gasteiger partial charge in [-0.2, -0.15) is 0 Å². The number of phenols is 1. The van der Waals surface area contributed by atoms with E-state index in [9.17, 15) is 4.79 Å². The fourth-order valence-electron chi connectivity index (χ4n) is 1.63. The van der Waals surface area contributed by atoms with Crippen LogP contribution in [0.3, 0.4) is 0 Å². The average molecular weight is 222 g/mol. The average Bonchev–Trinajstić information content (AvgIpc) is 2.27. The van der Waals surface area contributed by atoms with Crippen LogP contribution in [-0.4, -0.2) is 18.2 Å². The monoisotopic (exact) mass is 222 g/mol. The molecule has 0 spiro atoms. The van der Waals surface area contributed by atoms with Crippen molar-refractivity contribution < 1.29 is 14.6 Å². The molecule has 0 aliphatic heterocycles. The molecule has 0 aliphatic rings. The Morgan fingerprint density at radius 3 is 2.31 bits per heavy atom. The van der Waals surface area contributed by atoms with Crippen molar-refractivity contribution in [2.75, 3.05) is 7.11 Å². The fraction of sp³-hybridized carbons (Fsp3) is 0.462. The Labute approximate surface area is 96.1 Å². The van der Waals surface area contributed by atoms with E-state index in [2.05, 4.69) is 0 Å². The summed E-state index contributed by atoms with van der Waals surface area (Å²) in [5.74, 6) is 0.168. The predicted octanol–water partition coefficient (Wildman–Crippen LogP) is 2.38. The summed E-state index contributed by atoms with van der Waals surface area (Å²) < 4.78 is 4.78. The molecule has 0 amide bonds. The zero-order valence-electron chi connectivity index (χ0n) is 9.93. The maximum absolute atomic E-state index is 11.6. The lowest BCUT2D eigenvalue weighted by Gasteiger charge is -2.18. The first-order chi connectivity index (χ1) is 7.54. The number of ether oxygens (including phenoxy) is 1. The van der Waals surface area contributed by atoms with Crippen LogP contribution in [-0.2, 0) is 16.0 Å². The van der Waals surface area contributed by atoms with E-state index in [0.29, 0.717) is 6.42 Å². The van der Waals surface area contributed by atoms with E-state index in [-0.39, 0.29) is 23.6 Å². The van der Waals surface area contributed by atoms with Gasteiger partial charge in [0.15, 0.2) is 0 Å². The molecule has 3 heteroatoms. The Morgan fingerprint density at radius 2 is 1.88 bits per heavy atom. The van der Waals surface area contributed by atoms with E-state index >= 15 is 0 Å². The summed E-state index contributed by atoms with van der Waals surface area (Å²) in [6.07, 6.45) is 0.643. The van der Waals surface area contributed by atoms with Crippen LogP contribution in [0, 0.1) is 11.8 Å². The quantitative estimate of drug-likeness (QED) is 0.795. The number of rotatable bonds is 4. The smallest absolute Gasteiger partial charge is 0.309 e. The third-order valence-corrected chi connectivity index (χ3v) is 2.70. The van der Waals surface area contributed by atoms with Gasteiger partial charge in [-0.05, 0) is 30.0 Å². The highest BCUT2D eigenvalue weighted by atomic mass is 16.5. The summed E-state index contributed by atoms with van der Waals surface area (Å²) in [4.78, 5) is 11.6. The Morgan fingerprint density at radius 1 is 1.31 bits per heavy atom. The van der Waals surface area contributed by atoms with Gasteiger partial charge in [-0.25, -0.2) is 0 Å². The number of methoxy groups -OCH3 is 1. The van der Waals surface area contributed by atoms with E-state index in [1.165, 1.54) is 7.11 Å². The van der Waals surface area contributed by atoms with Crippen LogP contribution in [0.2, 0.25) is 0 Å². The molecule has 1 aromatic carbocycles. The van der Waals surface area contributed by atoms with Gasteiger partial charge in [0.25, 0.3) is 0 Å². The first-order valence-corrected chi connectivity index (χ1v) is 5.40. The minimum absolute atomic E-state index is 0.130. The number of aromatic hydroxyl groups is 1. The largest absolute Gasteiger partial charge is 0.508 e. The van der Waals surface area contributed by atoms with E-state index < -0.39 is 0 Å². The van der Waals surface area contributed by atoms with Gasteiger partial charge in [0.1, 0.15) is 5.75 Å². The summed E-state index contributed by atoms with van der Waals surface area (Å²) in [6.45, 7) is 4.00. The summed E-state index contributed by atoms with van der Waals surface area (Å²) in [7, 11) is 1.41. The molecule has 1 rings (SSSR count). The van der Waals surface area contributed by atoms with Crippen molar-refractivity contribution in [1.82, 2.24) is 0 Å². The Bertz CT molecular complexity index is 341. The van der Waals surface area contributed by atoms with Crippen LogP contribution in [0.1, 0.15) is 19.4 Å². The van der Waals surface area contributed by atoms with Gasteiger partial charge in [-0.1, -0.05) is 26.0 Å². The fourth-order valence-corrected chi connectivity index (χ4v) is 1.63. The molecule has 0 unspecified atom stereocenters. The van der Waals surface area contributed by atoms with E-state index in [0.717, 1.165) is 5.56 Å². The first kappa shape index (κ1) is 12.6. The van der Waals surface area contributed by atoms with Gasteiger partial charge < -0.3 is 9.84 Å². The van der Waals surface area contributed by atoms with Crippen molar-refractivity contribution in [2.45, 2.75) is 20.3 Å². The number of carbonyl (C=O) groups excluding carboxylic acids is 1. The van der Waals surface area contributed by atoms with Crippen molar-refractivity contribution in [1.29, 1.82) is 0 Å². The zero-order chi connectivity index (χ0) is 12.1. The van der Waals surface area contributed by atoms with Crippen LogP contribution < -0.4 is 0 Å². The van der Waals surface area contributed by atoms with Gasteiger partial charge in [0, 0.05) is 0 Å². The van der Waals surface area contributed by atoms with Crippen LogP contribution in [0.25, 0.3) is 0 Å². The molecule has 0 aliphatic carbocycles. The van der Waals surface area contributed by atoms with Crippen molar-refractivity contribution in [2.24, 2.45) is 11.8 Å². The Hall–Kier alpha value is -1.51. The van der Waals surface area contributed by atoms with Crippen molar-refractivity contribution in [3.8, 4) is 5.75 Å². The molecule has 3 nitrogen and oxygen atoms in total. The molecule has 88 valence electrons. The van der Waals surface area contributed by atoms with Crippen molar-refractivity contribution in [3.63, 3.8) is 0 Å². The van der Waals surface area contributed by atoms with Gasteiger partial charge in [0.05, 0.1) is 13.0 Å². The highest BCUT2D eigenvalue weighted by Crippen LogP contribution is 2.20. The number of hydrogen-bond donors (Lipinski definition) is 1. The minimum atomic E-state index is -0.178. The highest BCUT2D eigenvalue weighted by molar-refractivity contribution is 5.72. The summed E-state index contributed by atoms with van der Waals surface area (Å²) in [5.41, 5.74) is 1.03. The molecule has 0 bridgehead atoms. The van der Waals surface area contributed by atoms with Gasteiger partial charge >= 0.3 is 5.97 Å². The molecular formula is C13H18O3. The molecule has 0 saturated heterocycles. The number of phenolic OH excluding ortho intramolecular Hbond substituents is 1. The molecule has 16 heavy (non-hydrogen) atoms. The second-order valence-corrected chi connectivity index (χ2v) is 4.24. The second-order valence-electron chi connectivity index (χ2n) is 4.24. The number of esters is 1. The molecule has 0 fully saturated rings. The first-order valence-electron chi connectivity index (χ1n) is 5.40. The van der Waals surface area contributed by atoms with Crippen molar-refractivity contribution in [3.05, 3.63) is 29.8 Å². The number of carbonyl (C=O) groups is 1. The lowest BCUT2D eigenvalue weighted by molar-refractivity contribution is -0.146. The molecular weight excluding hydrogens is 204 g/mol. The highest BCUT2D eigenvalue weighted by Gasteiger charge is 2.23. The van der Waals surface area contributed by atoms with Crippen LogP contribution in [0.5, 0.6) is 5.75 Å². The summed E-state index contributed by atoms with van der Waals surface area (Å²) >= 11 is 0. The van der Waals surface area contributed by atoms with Gasteiger partial charge in [-0.15, -0.1) is 0 Å². The van der Waals surface area contributed by atoms with E-state index in [4.69, 9.17) is 9.84 Å². The summed E-state index contributed by atoms with van der Waals surface area (Å²) in [5, 5.41) is 9.16. The SMILES string of the molecule is COC(=O)[C@H](Cc1ccc(O)cc1)C(C)C. The maximum Gasteiger partial charge on any atom is 0.309 e. The van der Waals surface area contributed by atoms with Gasteiger partial charge in [-0.3, -0.25) is 4.79 Å². The van der Waals surface area contributed by atoms with E-state index in [1.807, 2.05) is 26.0 Å². The molecule has 0 radical (unpaired) electrons. The topological polar surface area (TPSA) is 46.5 Å². The maximum atomic E-state index is 11.6. The van der Waals surface area contributed by atoms with Crippen LogP contribution >= 0.6 is 0 Å². The van der Waals surface area contributed by atoms with Crippen LogP contribution in [0.15, 0.2) is 24.3 Å². The third-order valence-electron chi connectivity index (χ3n) is 2.70. The van der Waals surface area contributed by atoms with E-state index in [1.54, 1.807) is 12.1 Å². The Balaban J connectivity index is 2.75. The minimum Gasteiger partial charge on any atom is -0.508 e. The molecule has 0 aromatic heterocycles. The second kappa shape index (κ2) is 5.54. The molecule has 0 saturated carbocycles. The predicted molar refractivity (Wildman–Crippen MR) is 62.2 cm³/mol. The lowest BCUT2D eigenvalue weighted by atomic mass is 9.89. The standard InChI is InChI=1S/C13H18O3/c1-9(2)12(13(15)16-3)8-10-4-6-11(14)7-5-10/h4-7,9,12,14H,8H2,1-3H3/t12-/m1/s1. The molecule has 1 atom stereocenters. The number of hydrogen-bond acceptors (Lipinski definition) is 3.